The highest BCUT2D eigenvalue weighted by Gasteiger charge is 2.11. The van der Waals surface area contributed by atoms with E-state index in [0.29, 0.717) is 5.56 Å². The second-order valence-electron chi connectivity index (χ2n) is 5.30. The van der Waals surface area contributed by atoms with Crippen molar-refractivity contribution >= 4 is 23.5 Å². The summed E-state index contributed by atoms with van der Waals surface area (Å²) in [5, 5.41) is 5.94. The molecule has 120 valence electrons. The first kappa shape index (κ1) is 15.9. The van der Waals surface area contributed by atoms with Gasteiger partial charge in [-0.25, -0.2) is 5.43 Å². The van der Waals surface area contributed by atoms with Crippen molar-refractivity contribution in [3.05, 3.63) is 57.8 Å². The molecule has 2 aromatic rings. The Hall–Kier alpha value is -2.02. The standard InChI is InChI=1S/C17H19N3O2S/c21-17(19-18-12-16-2-1-11-23-16)15-5-3-14(4-6-15)13-20-7-9-22-10-8-20/h1-6,11-12H,7-10,13H2,(H,19,21). The van der Waals surface area contributed by atoms with Gasteiger partial charge in [-0.05, 0) is 29.1 Å². The average molecular weight is 329 g/mol. The quantitative estimate of drug-likeness (QED) is 0.677. The number of carbonyl (C=O) groups is 1. The molecule has 1 aliphatic rings. The predicted molar refractivity (Wildman–Crippen MR) is 91.9 cm³/mol. The van der Waals surface area contributed by atoms with Crippen LogP contribution in [-0.4, -0.2) is 43.3 Å². The van der Waals surface area contributed by atoms with Crippen LogP contribution >= 0.6 is 11.3 Å². The van der Waals surface area contributed by atoms with Crippen LogP contribution in [0.4, 0.5) is 0 Å². The van der Waals surface area contributed by atoms with Gasteiger partial charge in [-0.1, -0.05) is 18.2 Å². The monoisotopic (exact) mass is 329 g/mol. The summed E-state index contributed by atoms with van der Waals surface area (Å²) < 4.78 is 5.35. The van der Waals surface area contributed by atoms with Crippen molar-refractivity contribution < 1.29 is 9.53 Å². The van der Waals surface area contributed by atoms with E-state index in [1.54, 1.807) is 17.6 Å². The van der Waals surface area contributed by atoms with Crippen molar-refractivity contribution in [1.82, 2.24) is 10.3 Å². The maximum absolute atomic E-state index is 12.0. The summed E-state index contributed by atoms with van der Waals surface area (Å²) >= 11 is 1.57. The number of nitrogens with zero attached hydrogens (tertiary/aromatic N) is 2. The lowest BCUT2D eigenvalue weighted by molar-refractivity contribution is 0.0342. The molecule has 2 heterocycles. The fraction of sp³-hybridized carbons (Fsp3) is 0.294. The second kappa shape index (κ2) is 8.01. The van der Waals surface area contributed by atoms with Crippen LogP contribution in [-0.2, 0) is 11.3 Å². The molecule has 0 unspecified atom stereocenters. The van der Waals surface area contributed by atoms with Crippen molar-refractivity contribution in [1.29, 1.82) is 0 Å². The van der Waals surface area contributed by atoms with Gasteiger partial charge in [0.25, 0.3) is 5.91 Å². The fourth-order valence-electron chi connectivity index (χ4n) is 2.36. The molecule has 1 aliphatic heterocycles. The van der Waals surface area contributed by atoms with E-state index in [4.69, 9.17) is 4.74 Å². The van der Waals surface area contributed by atoms with Gasteiger partial charge in [-0.15, -0.1) is 11.3 Å². The maximum Gasteiger partial charge on any atom is 0.271 e. The minimum atomic E-state index is -0.198. The molecule has 23 heavy (non-hydrogen) atoms. The molecule has 1 fully saturated rings. The fourth-order valence-corrected chi connectivity index (χ4v) is 2.95. The lowest BCUT2D eigenvalue weighted by atomic mass is 10.1. The van der Waals surface area contributed by atoms with Crippen molar-refractivity contribution in [3.63, 3.8) is 0 Å². The molecule has 3 rings (SSSR count). The van der Waals surface area contributed by atoms with E-state index in [2.05, 4.69) is 15.4 Å². The van der Waals surface area contributed by atoms with Crippen LogP contribution < -0.4 is 5.43 Å². The molecule has 1 aromatic carbocycles. The molecule has 5 nitrogen and oxygen atoms in total. The van der Waals surface area contributed by atoms with Crippen LogP contribution in [0.25, 0.3) is 0 Å². The summed E-state index contributed by atoms with van der Waals surface area (Å²) in [7, 11) is 0. The highest BCUT2D eigenvalue weighted by molar-refractivity contribution is 7.11. The van der Waals surface area contributed by atoms with Gasteiger partial charge in [-0.3, -0.25) is 9.69 Å². The van der Waals surface area contributed by atoms with Crippen molar-refractivity contribution in [2.24, 2.45) is 5.10 Å². The Kier molecular flexibility index (Phi) is 5.52. The smallest absolute Gasteiger partial charge is 0.271 e. The Labute approximate surface area is 139 Å². The van der Waals surface area contributed by atoms with Crippen molar-refractivity contribution in [3.8, 4) is 0 Å². The molecule has 1 N–H and O–H groups in total. The number of morpholine rings is 1. The number of ether oxygens (including phenoxy) is 1. The molecule has 0 bridgehead atoms. The summed E-state index contributed by atoms with van der Waals surface area (Å²) in [5.74, 6) is -0.198. The normalized spacial score (nSPS) is 15.8. The van der Waals surface area contributed by atoms with Crippen LogP contribution in [0.5, 0.6) is 0 Å². The number of hydrogen-bond donors (Lipinski definition) is 1. The van der Waals surface area contributed by atoms with Gasteiger partial charge >= 0.3 is 0 Å². The number of hydrogen-bond acceptors (Lipinski definition) is 5. The topological polar surface area (TPSA) is 53.9 Å². The Morgan fingerprint density at radius 2 is 2.04 bits per heavy atom. The van der Waals surface area contributed by atoms with Gasteiger partial charge in [0.15, 0.2) is 0 Å². The maximum atomic E-state index is 12.0. The van der Waals surface area contributed by atoms with Gasteiger partial charge in [0.05, 0.1) is 19.4 Å². The molecule has 1 aromatic heterocycles. The molecular weight excluding hydrogens is 310 g/mol. The summed E-state index contributed by atoms with van der Waals surface area (Å²) in [4.78, 5) is 15.4. The zero-order valence-electron chi connectivity index (χ0n) is 12.8. The molecule has 0 radical (unpaired) electrons. The predicted octanol–water partition coefficient (Wildman–Crippen LogP) is 2.34. The highest BCUT2D eigenvalue weighted by atomic mass is 32.1. The third kappa shape index (κ3) is 4.72. The Morgan fingerprint density at radius 1 is 1.26 bits per heavy atom. The Bertz CT molecular complexity index is 647. The number of nitrogens with one attached hydrogen (secondary N) is 1. The largest absolute Gasteiger partial charge is 0.379 e. The third-order valence-electron chi connectivity index (χ3n) is 3.63. The first-order valence-electron chi connectivity index (χ1n) is 7.57. The zero-order valence-corrected chi connectivity index (χ0v) is 13.6. The van der Waals surface area contributed by atoms with Gasteiger partial charge < -0.3 is 4.74 Å². The van der Waals surface area contributed by atoms with Gasteiger partial charge in [0.1, 0.15) is 0 Å². The van der Waals surface area contributed by atoms with Crippen LogP contribution in [0.15, 0.2) is 46.9 Å². The minimum absolute atomic E-state index is 0.198. The first-order valence-corrected chi connectivity index (χ1v) is 8.45. The second-order valence-corrected chi connectivity index (χ2v) is 6.28. The first-order chi connectivity index (χ1) is 11.3. The molecule has 0 spiro atoms. The zero-order chi connectivity index (χ0) is 15.9. The van der Waals surface area contributed by atoms with E-state index in [0.717, 1.165) is 37.7 Å². The lowest BCUT2D eigenvalue weighted by Gasteiger charge is -2.26. The van der Waals surface area contributed by atoms with E-state index < -0.39 is 0 Å². The molecule has 0 aliphatic carbocycles. The van der Waals surface area contributed by atoms with E-state index in [1.807, 2.05) is 41.8 Å². The third-order valence-corrected chi connectivity index (χ3v) is 4.43. The summed E-state index contributed by atoms with van der Waals surface area (Å²) in [5.41, 5.74) is 4.36. The lowest BCUT2D eigenvalue weighted by Crippen LogP contribution is -2.35. The van der Waals surface area contributed by atoms with Gasteiger partial charge in [-0.2, -0.15) is 5.10 Å². The summed E-state index contributed by atoms with van der Waals surface area (Å²) in [6, 6.07) is 11.6. The SMILES string of the molecule is O=C(NN=Cc1cccs1)c1ccc(CN2CCOCC2)cc1. The molecule has 0 atom stereocenters. The molecule has 1 amide bonds. The van der Waals surface area contributed by atoms with Crippen molar-refractivity contribution in [2.75, 3.05) is 26.3 Å². The van der Waals surface area contributed by atoms with E-state index in [-0.39, 0.29) is 5.91 Å². The molecule has 0 saturated carbocycles. The number of hydrazone groups is 1. The number of thiophene rings is 1. The van der Waals surface area contributed by atoms with E-state index >= 15 is 0 Å². The van der Waals surface area contributed by atoms with Crippen LogP contribution in [0, 0.1) is 0 Å². The van der Waals surface area contributed by atoms with E-state index in [9.17, 15) is 4.79 Å². The highest BCUT2D eigenvalue weighted by Crippen LogP contribution is 2.09. The molecular formula is C17H19N3O2S. The Morgan fingerprint density at radius 3 is 2.74 bits per heavy atom. The number of rotatable bonds is 5. The number of benzene rings is 1. The van der Waals surface area contributed by atoms with Crippen LogP contribution in [0.3, 0.4) is 0 Å². The summed E-state index contributed by atoms with van der Waals surface area (Å²) in [6.07, 6.45) is 1.65. The van der Waals surface area contributed by atoms with Gasteiger partial charge in [0.2, 0.25) is 0 Å². The Balaban J connectivity index is 1.52. The molecule has 1 saturated heterocycles. The summed E-state index contributed by atoms with van der Waals surface area (Å²) in [6.45, 7) is 4.40. The average Bonchev–Trinajstić information content (AvgIpc) is 3.10. The number of amides is 1. The van der Waals surface area contributed by atoms with Crippen LogP contribution in [0.1, 0.15) is 20.8 Å². The van der Waals surface area contributed by atoms with Crippen molar-refractivity contribution in [2.45, 2.75) is 6.54 Å². The molecule has 6 heteroatoms. The van der Waals surface area contributed by atoms with E-state index in [1.165, 1.54) is 5.56 Å². The van der Waals surface area contributed by atoms with Gasteiger partial charge in [0, 0.05) is 30.1 Å². The number of carbonyl (C=O) groups excluding carboxylic acids is 1. The minimum Gasteiger partial charge on any atom is -0.379 e. The van der Waals surface area contributed by atoms with Crippen LogP contribution in [0.2, 0.25) is 0 Å².